The first-order chi connectivity index (χ1) is 14.5. The van der Waals surface area contributed by atoms with Gasteiger partial charge in [0.1, 0.15) is 0 Å². The number of carbonyl (C=O) groups excluding carboxylic acids is 1. The van der Waals surface area contributed by atoms with Gasteiger partial charge in [0.25, 0.3) is 0 Å². The maximum absolute atomic E-state index is 13.4. The van der Waals surface area contributed by atoms with Crippen LogP contribution in [0.15, 0.2) is 36.9 Å². The SMILES string of the molecule is C=CCC(NC(C)CC(C)C(F)F)C(C(=O)Nc1ccc(CC)cc1)[C@@](C)(N)CCC. The van der Waals surface area contributed by atoms with E-state index in [1.54, 1.807) is 13.0 Å². The lowest BCUT2D eigenvalue weighted by Crippen LogP contribution is -2.59. The topological polar surface area (TPSA) is 67.2 Å². The number of alkyl halides is 2. The summed E-state index contributed by atoms with van der Waals surface area (Å²) >= 11 is 0. The molecule has 0 radical (unpaired) electrons. The third kappa shape index (κ3) is 8.69. The van der Waals surface area contributed by atoms with Gasteiger partial charge >= 0.3 is 0 Å². The smallest absolute Gasteiger partial charge is 0.241 e. The number of aryl methyl sites for hydroxylation is 1. The Hall–Kier alpha value is -1.79. The van der Waals surface area contributed by atoms with Crippen molar-refractivity contribution in [3.63, 3.8) is 0 Å². The second-order valence-electron chi connectivity index (χ2n) is 9.02. The van der Waals surface area contributed by atoms with Crippen LogP contribution in [-0.2, 0) is 11.2 Å². The van der Waals surface area contributed by atoms with Crippen molar-refractivity contribution in [2.75, 3.05) is 5.32 Å². The highest BCUT2D eigenvalue weighted by Gasteiger charge is 2.41. The van der Waals surface area contributed by atoms with E-state index < -0.39 is 23.8 Å². The van der Waals surface area contributed by atoms with Crippen molar-refractivity contribution < 1.29 is 13.6 Å². The van der Waals surface area contributed by atoms with E-state index >= 15 is 0 Å². The van der Waals surface area contributed by atoms with Gasteiger partial charge in [-0.3, -0.25) is 4.79 Å². The minimum atomic E-state index is -2.37. The summed E-state index contributed by atoms with van der Waals surface area (Å²) in [5.41, 5.74) is 7.82. The fraction of sp³-hybridized carbons (Fsp3) is 0.640. The van der Waals surface area contributed by atoms with Crippen LogP contribution >= 0.6 is 0 Å². The fourth-order valence-electron chi connectivity index (χ4n) is 4.25. The number of halogens is 2. The van der Waals surface area contributed by atoms with Gasteiger partial charge in [-0.15, -0.1) is 6.58 Å². The molecule has 0 aliphatic carbocycles. The zero-order valence-corrected chi connectivity index (χ0v) is 19.8. The van der Waals surface area contributed by atoms with Crippen LogP contribution in [0.25, 0.3) is 0 Å². The van der Waals surface area contributed by atoms with Crippen molar-refractivity contribution in [2.24, 2.45) is 17.6 Å². The third-order valence-electron chi connectivity index (χ3n) is 5.89. The minimum Gasteiger partial charge on any atom is -0.326 e. The second kappa shape index (κ2) is 12.9. The predicted octanol–water partition coefficient (Wildman–Crippen LogP) is 5.54. The van der Waals surface area contributed by atoms with E-state index in [0.29, 0.717) is 19.3 Å². The number of hydrogen-bond donors (Lipinski definition) is 3. The maximum Gasteiger partial charge on any atom is 0.241 e. The first-order valence-electron chi connectivity index (χ1n) is 11.4. The van der Waals surface area contributed by atoms with E-state index in [2.05, 4.69) is 24.1 Å². The molecule has 0 bridgehead atoms. The molecule has 176 valence electrons. The first kappa shape index (κ1) is 27.2. The summed E-state index contributed by atoms with van der Waals surface area (Å²) in [6.45, 7) is 13.3. The number of hydrogen-bond acceptors (Lipinski definition) is 3. The van der Waals surface area contributed by atoms with Crippen LogP contribution in [0.2, 0.25) is 0 Å². The normalized spacial score (nSPS) is 17.5. The number of rotatable bonds is 14. The maximum atomic E-state index is 13.4. The van der Waals surface area contributed by atoms with Gasteiger partial charge in [0.2, 0.25) is 12.3 Å². The zero-order valence-electron chi connectivity index (χ0n) is 19.8. The molecule has 0 aliphatic rings. The highest BCUT2D eigenvalue weighted by atomic mass is 19.3. The van der Waals surface area contributed by atoms with Gasteiger partial charge in [0.15, 0.2) is 0 Å². The van der Waals surface area contributed by atoms with E-state index in [1.165, 1.54) is 5.56 Å². The minimum absolute atomic E-state index is 0.170. The molecule has 0 spiro atoms. The highest BCUT2D eigenvalue weighted by molar-refractivity contribution is 5.94. The van der Waals surface area contributed by atoms with Crippen molar-refractivity contribution in [3.8, 4) is 0 Å². The molecule has 31 heavy (non-hydrogen) atoms. The van der Waals surface area contributed by atoms with Gasteiger partial charge in [-0.25, -0.2) is 8.78 Å². The molecule has 6 heteroatoms. The standard InChI is InChI=1S/C25H41F2N3O/c1-7-10-21(29-18(5)16-17(4)23(26)27)22(25(6,28)15-8-2)24(31)30-20-13-11-19(9-3)12-14-20/h7,11-14,17-18,21-23,29H,1,8-10,15-16,28H2,2-6H3,(H,30,31)/t17?,18?,21?,22?,25-/m0/s1. The van der Waals surface area contributed by atoms with Crippen LogP contribution in [-0.4, -0.2) is 30.0 Å². The van der Waals surface area contributed by atoms with Crippen molar-refractivity contribution in [2.45, 2.75) is 90.8 Å². The van der Waals surface area contributed by atoms with Crippen LogP contribution in [0.3, 0.4) is 0 Å². The molecule has 0 saturated carbocycles. The summed E-state index contributed by atoms with van der Waals surface area (Å²) in [4.78, 5) is 13.4. The molecule has 0 aromatic heterocycles. The van der Waals surface area contributed by atoms with Gasteiger partial charge in [-0.2, -0.15) is 0 Å². The van der Waals surface area contributed by atoms with Gasteiger partial charge in [-0.1, -0.05) is 45.4 Å². The number of nitrogens with one attached hydrogen (secondary N) is 2. The molecule has 0 aliphatic heterocycles. The molecular formula is C25H41F2N3O. The number of amides is 1. The van der Waals surface area contributed by atoms with Crippen molar-refractivity contribution >= 4 is 11.6 Å². The van der Waals surface area contributed by atoms with Gasteiger partial charge < -0.3 is 16.4 Å². The summed E-state index contributed by atoms with van der Waals surface area (Å²) in [6, 6.07) is 7.27. The Kier molecular flexibility index (Phi) is 11.4. The molecule has 4 unspecified atom stereocenters. The Morgan fingerprint density at radius 2 is 1.84 bits per heavy atom. The van der Waals surface area contributed by atoms with Crippen LogP contribution in [0.1, 0.15) is 65.9 Å². The summed E-state index contributed by atoms with van der Waals surface area (Å²) in [5, 5.41) is 6.42. The van der Waals surface area contributed by atoms with Crippen molar-refractivity contribution in [1.29, 1.82) is 0 Å². The summed E-state index contributed by atoms with van der Waals surface area (Å²) in [5.74, 6) is -1.45. The lowest BCUT2D eigenvalue weighted by molar-refractivity contribution is -0.123. The van der Waals surface area contributed by atoms with Crippen LogP contribution < -0.4 is 16.4 Å². The van der Waals surface area contributed by atoms with Crippen LogP contribution in [0, 0.1) is 11.8 Å². The fourth-order valence-corrected chi connectivity index (χ4v) is 4.25. The molecule has 1 rings (SSSR count). The lowest BCUT2D eigenvalue weighted by Gasteiger charge is -2.40. The molecule has 0 fully saturated rings. The summed E-state index contributed by atoms with van der Waals surface area (Å²) in [6.07, 6.45) is 2.63. The third-order valence-corrected chi connectivity index (χ3v) is 5.89. The monoisotopic (exact) mass is 437 g/mol. The van der Waals surface area contributed by atoms with E-state index in [4.69, 9.17) is 5.73 Å². The predicted molar refractivity (Wildman–Crippen MR) is 126 cm³/mol. The molecule has 0 saturated heterocycles. The van der Waals surface area contributed by atoms with Crippen LogP contribution in [0.5, 0.6) is 0 Å². The Labute approximate surface area is 187 Å². The summed E-state index contributed by atoms with van der Waals surface area (Å²) < 4.78 is 26.0. The average molecular weight is 438 g/mol. The second-order valence-corrected chi connectivity index (χ2v) is 9.02. The Bertz CT molecular complexity index is 676. The van der Waals surface area contributed by atoms with Crippen molar-refractivity contribution in [1.82, 2.24) is 5.32 Å². The molecule has 0 heterocycles. The first-order valence-corrected chi connectivity index (χ1v) is 11.4. The van der Waals surface area contributed by atoms with E-state index in [0.717, 1.165) is 18.5 Å². The van der Waals surface area contributed by atoms with Gasteiger partial charge in [-0.05, 0) is 57.2 Å². The Morgan fingerprint density at radius 3 is 2.32 bits per heavy atom. The van der Waals surface area contributed by atoms with E-state index in [9.17, 15) is 13.6 Å². The Balaban J connectivity index is 3.13. The van der Waals surface area contributed by atoms with Gasteiger partial charge in [0.05, 0.1) is 5.92 Å². The molecule has 1 aromatic rings. The molecular weight excluding hydrogens is 396 g/mol. The number of benzene rings is 1. The summed E-state index contributed by atoms with van der Waals surface area (Å²) in [7, 11) is 0. The molecule has 5 atom stereocenters. The molecule has 4 nitrogen and oxygen atoms in total. The number of anilines is 1. The largest absolute Gasteiger partial charge is 0.326 e. The molecule has 1 aromatic carbocycles. The Morgan fingerprint density at radius 1 is 1.23 bits per heavy atom. The lowest BCUT2D eigenvalue weighted by atomic mass is 9.76. The van der Waals surface area contributed by atoms with Crippen LogP contribution in [0.4, 0.5) is 14.5 Å². The molecule has 1 amide bonds. The van der Waals surface area contributed by atoms with E-state index in [-0.39, 0.29) is 18.0 Å². The molecule has 4 N–H and O–H groups in total. The van der Waals surface area contributed by atoms with E-state index in [1.807, 2.05) is 45.0 Å². The number of carbonyl (C=O) groups is 1. The zero-order chi connectivity index (χ0) is 23.6. The quantitative estimate of drug-likeness (QED) is 0.335. The highest BCUT2D eigenvalue weighted by Crippen LogP contribution is 2.28. The van der Waals surface area contributed by atoms with Crippen molar-refractivity contribution in [3.05, 3.63) is 42.5 Å². The number of nitrogens with two attached hydrogens (primary N) is 1. The van der Waals surface area contributed by atoms with Gasteiger partial charge in [0, 0.05) is 29.2 Å². The average Bonchev–Trinajstić information content (AvgIpc) is 2.68.